The Balaban J connectivity index is 2.39. The number of carbonyl (C=O) groups excluding carboxylic acids is 1. The van der Waals surface area contributed by atoms with Gasteiger partial charge in [0.05, 0.1) is 6.61 Å². The molecule has 0 N–H and O–H groups in total. The van der Waals surface area contributed by atoms with Crippen molar-refractivity contribution in [3.05, 3.63) is 0 Å². The van der Waals surface area contributed by atoms with E-state index in [2.05, 4.69) is 0 Å². The molecular formula is C9H16O3. The summed E-state index contributed by atoms with van der Waals surface area (Å²) in [5, 5.41) is 0. The van der Waals surface area contributed by atoms with Gasteiger partial charge < -0.3 is 9.47 Å². The molecular weight excluding hydrogens is 156 g/mol. The normalized spacial score (nSPS) is 28.8. The van der Waals surface area contributed by atoms with Gasteiger partial charge in [-0.3, -0.25) is 0 Å². The maximum Gasteiger partial charge on any atom is 0.338 e. The fourth-order valence-electron chi connectivity index (χ4n) is 1.29. The first kappa shape index (κ1) is 9.52. The summed E-state index contributed by atoms with van der Waals surface area (Å²) in [4.78, 5) is 11.4. The average Bonchev–Trinajstić information content (AvgIpc) is 2.49. The number of ether oxygens (including phenoxy) is 2. The topological polar surface area (TPSA) is 35.5 Å². The average molecular weight is 172 g/mol. The van der Waals surface area contributed by atoms with E-state index in [0.717, 1.165) is 19.3 Å². The van der Waals surface area contributed by atoms with Crippen molar-refractivity contribution in [2.45, 2.75) is 38.7 Å². The Hall–Kier alpha value is -0.570. The highest BCUT2D eigenvalue weighted by atomic mass is 16.6. The standard InChI is InChI=1S/C9H16O3/c1-3-6-11-8(10)9(2)5-4-7-12-9/h3-7H2,1-2H3. The van der Waals surface area contributed by atoms with Crippen molar-refractivity contribution < 1.29 is 14.3 Å². The molecule has 3 nitrogen and oxygen atoms in total. The molecule has 1 aliphatic rings. The van der Waals surface area contributed by atoms with E-state index in [1.165, 1.54) is 0 Å². The van der Waals surface area contributed by atoms with Crippen LogP contribution >= 0.6 is 0 Å². The molecule has 3 heteroatoms. The van der Waals surface area contributed by atoms with Crippen LogP contribution in [0.3, 0.4) is 0 Å². The summed E-state index contributed by atoms with van der Waals surface area (Å²) < 4.78 is 10.3. The monoisotopic (exact) mass is 172 g/mol. The third-order valence-corrected chi connectivity index (χ3v) is 2.09. The van der Waals surface area contributed by atoms with Gasteiger partial charge in [-0.05, 0) is 26.2 Å². The van der Waals surface area contributed by atoms with Gasteiger partial charge in [-0.15, -0.1) is 0 Å². The van der Waals surface area contributed by atoms with E-state index in [0.29, 0.717) is 13.2 Å². The number of hydrogen-bond acceptors (Lipinski definition) is 3. The van der Waals surface area contributed by atoms with Gasteiger partial charge in [0, 0.05) is 6.61 Å². The highest BCUT2D eigenvalue weighted by molar-refractivity contribution is 5.79. The SMILES string of the molecule is CCCOC(=O)C1(C)CCCO1. The fourth-order valence-corrected chi connectivity index (χ4v) is 1.29. The van der Waals surface area contributed by atoms with E-state index in [4.69, 9.17) is 9.47 Å². The molecule has 0 bridgehead atoms. The first-order valence-corrected chi connectivity index (χ1v) is 4.50. The van der Waals surface area contributed by atoms with Crippen LogP contribution in [0.25, 0.3) is 0 Å². The van der Waals surface area contributed by atoms with Crippen LogP contribution in [-0.4, -0.2) is 24.8 Å². The van der Waals surface area contributed by atoms with Crippen molar-refractivity contribution in [2.24, 2.45) is 0 Å². The number of carbonyl (C=O) groups is 1. The second-order valence-corrected chi connectivity index (χ2v) is 3.32. The summed E-state index contributed by atoms with van der Waals surface area (Å²) in [6.07, 6.45) is 2.61. The predicted molar refractivity (Wildman–Crippen MR) is 44.8 cm³/mol. The van der Waals surface area contributed by atoms with E-state index in [1.807, 2.05) is 6.92 Å². The molecule has 1 fully saturated rings. The molecule has 0 aromatic heterocycles. The minimum Gasteiger partial charge on any atom is -0.464 e. The Bertz CT molecular complexity index is 159. The molecule has 1 rings (SSSR count). The summed E-state index contributed by atoms with van der Waals surface area (Å²) >= 11 is 0. The van der Waals surface area contributed by atoms with Crippen molar-refractivity contribution in [1.82, 2.24) is 0 Å². The highest BCUT2D eigenvalue weighted by Gasteiger charge is 2.39. The summed E-state index contributed by atoms with van der Waals surface area (Å²) in [6, 6.07) is 0. The second kappa shape index (κ2) is 3.90. The van der Waals surface area contributed by atoms with Crippen molar-refractivity contribution in [2.75, 3.05) is 13.2 Å². The van der Waals surface area contributed by atoms with Gasteiger partial charge in [-0.2, -0.15) is 0 Å². The van der Waals surface area contributed by atoms with Crippen LogP contribution in [0.15, 0.2) is 0 Å². The summed E-state index contributed by atoms with van der Waals surface area (Å²) in [7, 11) is 0. The molecule has 0 aromatic rings. The smallest absolute Gasteiger partial charge is 0.338 e. The van der Waals surface area contributed by atoms with Gasteiger partial charge in [-0.25, -0.2) is 4.79 Å². The van der Waals surface area contributed by atoms with Crippen LogP contribution in [0.5, 0.6) is 0 Å². The molecule has 1 atom stereocenters. The van der Waals surface area contributed by atoms with Crippen LogP contribution in [0.1, 0.15) is 33.1 Å². The predicted octanol–water partition coefficient (Wildman–Crippen LogP) is 1.51. The van der Waals surface area contributed by atoms with E-state index < -0.39 is 5.60 Å². The molecule has 1 saturated heterocycles. The zero-order chi connectivity index (χ0) is 9.03. The van der Waals surface area contributed by atoms with Crippen LogP contribution < -0.4 is 0 Å². The maximum absolute atomic E-state index is 11.4. The first-order valence-electron chi connectivity index (χ1n) is 4.50. The highest BCUT2D eigenvalue weighted by Crippen LogP contribution is 2.26. The molecule has 0 radical (unpaired) electrons. The zero-order valence-electron chi connectivity index (χ0n) is 7.76. The van der Waals surface area contributed by atoms with Gasteiger partial charge in [0.2, 0.25) is 0 Å². The van der Waals surface area contributed by atoms with Crippen LogP contribution in [0.4, 0.5) is 0 Å². The Labute approximate surface area is 73.0 Å². The molecule has 1 unspecified atom stereocenters. The van der Waals surface area contributed by atoms with E-state index >= 15 is 0 Å². The van der Waals surface area contributed by atoms with E-state index in [1.54, 1.807) is 6.92 Å². The van der Waals surface area contributed by atoms with Crippen LogP contribution in [0.2, 0.25) is 0 Å². The summed E-state index contributed by atoms with van der Waals surface area (Å²) in [6.45, 7) is 4.96. The molecule has 12 heavy (non-hydrogen) atoms. The van der Waals surface area contributed by atoms with E-state index in [9.17, 15) is 4.79 Å². The largest absolute Gasteiger partial charge is 0.464 e. The Morgan fingerprint density at radius 3 is 2.92 bits per heavy atom. The number of esters is 1. The molecule has 70 valence electrons. The van der Waals surface area contributed by atoms with Crippen LogP contribution in [0, 0.1) is 0 Å². The minimum absolute atomic E-state index is 0.207. The summed E-state index contributed by atoms with van der Waals surface area (Å²) in [5.41, 5.74) is -0.658. The van der Waals surface area contributed by atoms with Gasteiger partial charge in [0.1, 0.15) is 0 Å². The Morgan fingerprint density at radius 1 is 1.67 bits per heavy atom. The molecule has 0 aromatic carbocycles. The second-order valence-electron chi connectivity index (χ2n) is 3.32. The third-order valence-electron chi connectivity index (χ3n) is 2.09. The molecule has 0 aliphatic carbocycles. The lowest BCUT2D eigenvalue weighted by Crippen LogP contribution is -2.36. The quantitative estimate of drug-likeness (QED) is 0.605. The van der Waals surface area contributed by atoms with E-state index in [-0.39, 0.29) is 5.97 Å². The zero-order valence-corrected chi connectivity index (χ0v) is 7.76. The van der Waals surface area contributed by atoms with Crippen LogP contribution in [-0.2, 0) is 14.3 Å². The molecule has 0 spiro atoms. The molecule has 0 saturated carbocycles. The minimum atomic E-state index is -0.658. The van der Waals surface area contributed by atoms with Gasteiger partial charge >= 0.3 is 5.97 Å². The van der Waals surface area contributed by atoms with Gasteiger partial charge in [0.15, 0.2) is 5.60 Å². The summed E-state index contributed by atoms with van der Waals surface area (Å²) in [5.74, 6) is -0.207. The third kappa shape index (κ3) is 1.97. The lowest BCUT2D eigenvalue weighted by molar-refractivity contribution is -0.164. The van der Waals surface area contributed by atoms with Gasteiger partial charge in [-0.1, -0.05) is 6.92 Å². The van der Waals surface area contributed by atoms with Gasteiger partial charge in [0.25, 0.3) is 0 Å². The molecule has 0 amide bonds. The molecule has 1 aliphatic heterocycles. The Kier molecular flexibility index (Phi) is 3.09. The number of hydrogen-bond donors (Lipinski definition) is 0. The maximum atomic E-state index is 11.4. The Morgan fingerprint density at radius 2 is 2.42 bits per heavy atom. The lowest BCUT2D eigenvalue weighted by Gasteiger charge is -2.20. The van der Waals surface area contributed by atoms with Crippen molar-refractivity contribution >= 4 is 5.97 Å². The van der Waals surface area contributed by atoms with Crippen molar-refractivity contribution in [1.29, 1.82) is 0 Å². The van der Waals surface area contributed by atoms with Crippen molar-refractivity contribution in [3.63, 3.8) is 0 Å². The first-order chi connectivity index (χ1) is 5.69. The number of rotatable bonds is 3. The molecule has 1 heterocycles. The fraction of sp³-hybridized carbons (Fsp3) is 0.889. The van der Waals surface area contributed by atoms with Crippen molar-refractivity contribution in [3.8, 4) is 0 Å². The lowest BCUT2D eigenvalue weighted by atomic mass is 10.0.